The van der Waals surface area contributed by atoms with Crippen molar-refractivity contribution in [2.24, 2.45) is 5.92 Å². The molecule has 6 heteroatoms. The number of rotatable bonds is 5. The molecule has 0 radical (unpaired) electrons. The van der Waals surface area contributed by atoms with Gasteiger partial charge in [-0.3, -0.25) is 4.79 Å². The van der Waals surface area contributed by atoms with E-state index in [1.54, 1.807) is 23.8 Å². The van der Waals surface area contributed by atoms with Crippen LogP contribution in [0.3, 0.4) is 0 Å². The molecule has 0 fully saturated rings. The molecule has 0 spiro atoms. The minimum Gasteiger partial charge on any atom is -0.466 e. The van der Waals surface area contributed by atoms with Crippen molar-refractivity contribution in [3.05, 3.63) is 16.1 Å². The third-order valence-corrected chi connectivity index (χ3v) is 3.89. The summed E-state index contributed by atoms with van der Waals surface area (Å²) in [4.78, 5) is 27.7. The minimum absolute atomic E-state index is 0.0281. The van der Waals surface area contributed by atoms with E-state index in [1.807, 2.05) is 0 Å². The van der Waals surface area contributed by atoms with Gasteiger partial charge in [-0.15, -0.1) is 11.3 Å². The Morgan fingerprint density at radius 3 is 3.28 bits per heavy atom. The van der Waals surface area contributed by atoms with Crippen molar-refractivity contribution in [1.29, 1.82) is 0 Å². The summed E-state index contributed by atoms with van der Waals surface area (Å²) in [5.74, 6) is -0.295. The van der Waals surface area contributed by atoms with Crippen LogP contribution in [0.2, 0.25) is 0 Å². The molecule has 1 heterocycles. The standard InChI is InChI=1S/C12H16N2O3S/c1-2-17-12(16)8-5-9(13-3-4-15)11-10(6-8)18-7-14-11/h4,7-9,13H,2-3,5-6H2,1H3. The van der Waals surface area contributed by atoms with Gasteiger partial charge in [0.05, 0.1) is 36.3 Å². The highest BCUT2D eigenvalue weighted by Crippen LogP contribution is 2.35. The van der Waals surface area contributed by atoms with E-state index in [2.05, 4.69) is 10.3 Å². The molecule has 1 aromatic heterocycles. The molecular weight excluding hydrogens is 252 g/mol. The van der Waals surface area contributed by atoms with Crippen LogP contribution in [0.25, 0.3) is 0 Å². The Bertz CT molecular complexity index is 433. The van der Waals surface area contributed by atoms with Gasteiger partial charge in [0.25, 0.3) is 0 Å². The number of thiazole rings is 1. The molecule has 0 bridgehead atoms. The third-order valence-electron chi connectivity index (χ3n) is 3.02. The average Bonchev–Trinajstić information content (AvgIpc) is 2.84. The van der Waals surface area contributed by atoms with E-state index in [4.69, 9.17) is 4.74 Å². The van der Waals surface area contributed by atoms with Gasteiger partial charge in [-0.2, -0.15) is 0 Å². The molecule has 0 saturated carbocycles. The lowest BCUT2D eigenvalue weighted by molar-refractivity contribution is -0.148. The number of aromatic nitrogens is 1. The second kappa shape index (κ2) is 6.06. The summed E-state index contributed by atoms with van der Waals surface area (Å²) >= 11 is 1.55. The molecule has 1 aliphatic rings. The first-order chi connectivity index (χ1) is 8.76. The van der Waals surface area contributed by atoms with Crippen molar-refractivity contribution in [2.45, 2.75) is 25.8 Å². The van der Waals surface area contributed by atoms with Crippen LogP contribution < -0.4 is 5.32 Å². The van der Waals surface area contributed by atoms with Crippen LogP contribution in [0, 0.1) is 5.92 Å². The van der Waals surface area contributed by atoms with E-state index >= 15 is 0 Å². The summed E-state index contributed by atoms with van der Waals surface area (Å²) in [5, 5.41) is 3.11. The van der Waals surface area contributed by atoms with Crippen LogP contribution >= 0.6 is 11.3 Å². The molecular formula is C12H16N2O3S. The number of hydrogen-bond donors (Lipinski definition) is 1. The van der Waals surface area contributed by atoms with Crippen LogP contribution in [-0.2, 0) is 20.7 Å². The van der Waals surface area contributed by atoms with E-state index in [9.17, 15) is 9.59 Å². The molecule has 0 aromatic carbocycles. The van der Waals surface area contributed by atoms with Crippen molar-refractivity contribution in [3.63, 3.8) is 0 Å². The Morgan fingerprint density at radius 2 is 2.56 bits per heavy atom. The lowest BCUT2D eigenvalue weighted by Gasteiger charge is -2.27. The van der Waals surface area contributed by atoms with Gasteiger partial charge in [0.15, 0.2) is 0 Å². The number of ether oxygens (including phenoxy) is 1. The maximum atomic E-state index is 11.8. The average molecular weight is 268 g/mol. The first kappa shape index (κ1) is 13.2. The summed E-state index contributed by atoms with van der Waals surface area (Å²) in [6.45, 7) is 2.48. The molecule has 2 atom stereocenters. The molecule has 1 aromatic rings. The van der Waals surface area contributed by atoms with E-state index in [0.717, 1.165) is 16.9 Å². The minimum atomic E-state index is -0.158. The van der Waals surface area contributed by atoms with Crippen molar-refractivity contribution < 1.29 is 14.3 Å². The number of esters is 1. The number of nitrogens with one attached hydrogen (secondary N) is 1. The summed E-state index contributed by atoms with van der Waals surface area (Å²) in [7, 11) is 0. The fraction of sp³-hybridized carbons (Fsp3) is 0.583. The molecule has 98 valence electrons. The Labute approximate surface area is 110 Å². The molecule has 0 amide bonds. The highest BCUT2D eigenvalue weighted by atomic mass is 32.1. The zero-order valence-electron chi connectivity index (χ0n) is 10.2. The Kier molecular flexibility index (Phi) is 4.43. The molecule has 18 heavy (non-hydrogen) atoms. The van der Waals surface area contributed by atoms with Crippen LogP contribution in [-0.4, -0.2) is 30.4 Å². The molecule has 0 aliphatic heterocycles. The largest absolute Gasteiger partial charge is 0.466 e. The lowest BCUT2D eigenvalue weighted by atomic mass is 9.87. The fourth-order valence-electron chi connectivity index (χ4n) is 2.23. The molecule has 5 nitrogen and oxygen atoms in total. The molecule has 1 aliphatic carbocycles. The number of fused-ring (bicyclic) bond motifs is 1. The van der Waals surface area contributed by atoms with Crippen LogP contribution in [0.5, 0.6) is 0 Å². The monoisotopic (exact) mass is 268 g/mol. The Hall–Kier alpha value is -1.27. The SMILES string of the molecule is CCOC(=O)C1Cc2scnc2C(NCC=O)C1. The number of aldehydes is 1. The van der Waals surface area contributed by atoms with Crippen LogP contribution in [0.15, 0.2) is 5.51 Å². The number of nitrogens with zero attached hydrogens (tertiary/aromatic N) is 1. The summed E-state index contributed by atoms with van der Waals surface area (Å²) in [6.07, 6.45) is 2.15. The predicted molar refractivity (Wildman–Crippen MR) is 67.4 cm³/mol. The Morgan fingerprint density at radius 1 is 1.72 bits per heavy atom. The van der Waals surface area contributed by atoms with Gasteiger partial charge < -0.3 is 14.8 Å². The number of hydrogen-bond acceptors (Lipinski definition) is 6. The lowest BCUT2D eigenvalue weighted by Crippen LogP contribution is -2.33. The second-order valence-electron chi connectivity index (χ2n) is 4.18. The van der Waals surface area contributed by atoms with E-state index in [1.165, 1.54) is 0 Å². The van der Waals surface area contributed by atoms with Crippen LogP contribution in [0.1, 0.15) is 30.0 Å². The fourth-order valence-corrected chi connectivity index (χ4v) is 3.14. The van der Waals surface area contributed by atoms with Gasteiger partial charge in [-0.05, 0) is 19.8 Å². The van der Waals surface area contributed by atoms with Crippen molar-refractivity contribution in [2.75, 3.05) is 13.2 Å². The zero-order chi connectivity index (χ0) is 13.0. The van der Waals surface area contributed by atoms with E-state index in [0.29, 0.717) is 19.4 Å². The van der Waals surface area contributed by atoms with Crippen molar-refractivity contribution in [3.8, 4) is 0 Å². The normalized spacial score (nSPS) is 22.3. The number of carbonyl (C=O) groups excluding carboxylic acids is 2. The maximum Gasteiger partial charge on any atom is 0.309 e. The molecule has 1 N–H and O–H groups in total. The topological polar surface area (TPSA) is 68.3 Å². The second-order valence-corrected chi connectivity index (χ2v) is 5.12. The van der Waals surface area contributed by atoms with Gasteiger partial charge >= 0.3 is 5.97 Å². The predicted octanol–water partition coefficient (Wildman–Crippen LogP) is 1.10. The van der Waals surface area contributed by atoms with Crippen LogP contribution in [0.4, 0.5) is 0 Å². The van der Waals surface area contributed by atoms with E-state index in [-0.39, 0.29) is 24.5 Å². The Balaban J connectivity index is 2.11. The number of carbonyl (C=O) groups is 2. The van der Waals surface area contributed by atoms with Gasteiger partial charge in [0.2, 0.25) is 0 Å². The van der Waals surface area contributed by atoms with Gasteiger partial charge in [0.1, 0.15) is 6.29 Å². The molecule has 0 saturated heterocycles. The van der Waals surface area contributed by atoms with E-state index < -0.39 is 0 Å². The smallest absolute Gasteiger partial charge is 0.309 e. The van der Waals surface area contributed by atoms with Crippen molar-refractivity contribution >= 4 is 23.6 Å². The quantitative estimate of drug-likeness (QED) is 0.639. The third kappa shape index (κ3) is 2.76. The van der Waals surface area contributed by atoms with Crippen molar-refractivity contribution in [1.82, 2.24) is 10.3 Å². The van der Waals surface area contributed by atoms with Gasteiger partial charge in [0, 0.05) is 4.88 Å². The van der Waals surface area contributed by atoms with Gasteiger partial charge in [-0.1, -0.05) is 0 Å². The maximum absolute atomic E-state index is 11.8. The highest BCUT2D eigenvalue weighted by Gasteiger charge is 2.33. The highest BCUT2D eigenvalue weighted by molar-refractivity contribution is 7.09. The summed E-state index contributed by atoms with van der Waals surface area (Å²) < 4.78 is 5.07. The molecule has 2 unspecified atom stereocenters. The molecule has 2 rings (SSSR count). The summed E-state index contributed by atoms with van der Waals surface area (Å²) in [5.41, 5.74) is 2.76. The first-order valence-electron chi connectivity index (χ1n) is 6.02. The van der Waals surface area contributed by atoms with Gasteiger partial charge in [-0.25, -0.2) is 4.98 Å². The zero-order valence-corrected chi connectivity index (χ0v) is 11.0. The first-order valence-corrected chi connectivity index (χ1v) is 6.90. The summed E-state index contributed by atoms with van der Waals surface area (Å²) in [6, 6.07) is -0.0281.